The van der Waals surface area contributed by atoms with Gasteiger partial charge in [0.1, 0.15) is 0 Å². The average molecular weight is 384 g/mol. The number of hydrogen-bond donors (Lipinski definition) is 0. The monoisotopic (exact) mass is 384 g/mol. The normalized spacial score (nSPS) is 29.0. The minimum absolute atomic E-state index is 0.423. The molecule has 0 bridgehead atoms. The molecule has 0 N–H and O–H groups in total. The van der Waals surface area contributed by atoms with Gasteiger partial charge in [-0.3, -0.25) is 0 Å². The molecule has 1 aliphatic carbocycles. The summed E-state index contributed by atoms with van der Waals surface area (Å²) in [6, 6.07) is 16.2. The quantitative estimate of drug-likeness (QED) is 0.515. The van der Waals surface area contributed by atoms with Gasteiger partial charge in [-0.2, -0.15) is 0 Å². The molecule has 4 aliphatic rings. The van der Waals surface area contributed by atoms with E-state index in [9.17, 15) is 9.59 Å². The highest BCUT2D eigenvalue weighted by atomic mass is 16.6. The molecule has 6 rings (SSSR count). The molecule has 2 unspecified atom stereocenters. The van der Waals surface area contributed by atoms with Gasteiger partial charge in [0.25, 0.3) is 0 Å². The number of carbonyl (C=O) groups is 2. The van der Waals surface area contributed by atoms with Gasteiger partial charge in [-0.05, 0) is 26.0 Å². The predicted octanol–water partition coefficient (Wildman–Crippen LogP) is 3.41. The summed E-state index contributed by atoms with van der Waals surface area (Å²) in [6.07, 6.45) is 0. The van der Waals surface area contributed by atoms with Gasteiger partial charge in [-0.15, -0.1) is 0 Å². The molecule has 5 nitrogen and oxygen atoms in total. The number of para-hydroxylation sites is 2. The molecule has 29 heavy (non-hydrogen) atoms. The number of nitrogens with zero attached hydrogens (tertiary/aromatic N) is 2. The first-order chi connectivity index (χ1) is 13.8. The third-order valence-electron chi connectivity index (χ3n) is 7.68. The molecule has 0 radical (unpaired) electrons. The highest BCUT2D eigenvalue weighted by Gasteiger charge is 2.67. The molecule has 2 aromatic rings. The highest BCUT2D eigenvalue weighted by Crippen LogP contribution is 2.66. The maximum Gasteiger partial charge on any atom is 0.347 e. The van der Waals surface area contributed by atoms with Crippen LogP contribution in [0.4, 0.5) is 11.4 Å². The van der Waals surface area contributed by atoms with Gasteiger partial charge >= 0.3 is 11.9 Å². The molecule has 0 spiro atoms. The van der Waals surface area contributed by atoms with E-state index < -0.39 is 23.0 Å². The highest BCUT2D eigenvalue weighted by molar-refractivity contribution is 6.30. The second-order valence-electron chi connectivity index (χ2n) is 8.47. The molecule has 2 atom stereocenters. The molecule has 1 saturated heterocycles. The summed E-state index contributed by atoms with van der Waals surface area (Å²) >= 11 is 0. The molecular formula is C24H20N2O3. The number of fused-ring (bicyclic) bond motifs is 8. The van der Waals surface area contributed by atoms with Crippen LogP contribution >= 0.6 is 0 Å². The molecule has 2 aromatic carbocycles. The van der Waals surface area contributed by atoms with E-state index in [4.69, 9.17) is 4.74 Å². The first-order valence-electron chi connectivity index (χ1n) is 9.76. The Morgan fingerprint density at radius 1 is 0.690 bits per heavy atom. The summed E-state index contributed by atoms with van der Waals surface area (Å²) in [6.45, 7) is 4.34. The van der Waals surface area contributed by atoms with Crippen molar-refractivity contribution in [2.24, 2.45) is 0 Å². The number of esters is 2. The molecule has 5 heteroatoms. The first kappa shape index (κ1) is 16.6. The number of anilines is 2. The van der Waals surface area contributed by atoms with Gasteiger partial charge < -0.3 is 14.5 Å². The van der Waals surface area contributed by atoms with Crippen LogP contribution in [0.25, 0.3) is 11.1 Å². The maximum absolute atomic E-state index is 12.9. The fourth-order valence-corrected chi connectivity index (χ4v) is 6.04. The van der Waals surface area contributed by atoms with Crippen LogP contribution in [0.3, 0.4) is 0 Å². The van der Waals surface area contributed by atoms with Gasteiger partial charge in [-0.1, -0.05) is 36.4 Å². The van der Waals surface area contributed by atoms with Crippen LogP contribution < -0.4 is 9.80 Å². The topological polar surface area (TPSA) is 49.9 Å². The van der Waals surface area contributed by atoms with E-state index >= 15 is 0 Å². The van der Waals surface area contributed by atoms with Crippen LogP contribution in [0.15, 0.2) is 59.7 Å². The van der Waals surface area contributed by atoms with Crippen molar-refractivity contribution >= 4 is 34.5 Å². The van der Waals surface area contributed by atoms with Crippen LogP contribution in [0.2, 0.25) is 0 Å². The Balaban J connectivity index is 1.84. The van der Waals surface area contributed by atoms with Crippen molar-refractivity contribution < 1.29 is 14.3 Å². The summed E-state index contributed by atoms with van der Waals surface area (Å²) in [5.74, 6) is -1.09. The van der Waals surface area contributed by atoms with Crippen LogP contribution in [-0.4, -0.2) is 37.1 Å². The van der Waals surface area contributed by atoms with Crippen molar-refractivity contribution in [3.63, 3.8) is 0 Å². The molecule has 0 saturated carbocycles. The van der Waals surface area contributed by atoms with Crippen LogP contribution in [0.5, 0.6) is 0 Å². The van der Waals surface area contributed by atoms with Crippen molar-refractivity contribution in [1.29, 1.82) is 0 Å². The van der Waals surface area contributed by atoms with Gasteiger partial charge in [-0.25, -0.2) is 9.59 Å². The summed E-state index contributed by atoms with van der Waals surface area (Å²) < 4.78 is 5.18. The Labute approximate surface area is 168 Å². The van der Waals surface area contributed by atoms with Crippen molar-refractivity contribution in [3.05, 3.63) is 70.8 Å². The predicted molar refractivity (Wildman–Crippen MR) is 111 cm³/mol. The molecular weight excluding hydrogens is 364 g/mol. The Hall–Kier alpha value is -3.34. The number of cyclic esters (lactones) is 2. The van der Waals surface area contributed by atoms with Gasteiger partial charge in [0, 0.05) is 47.7 Å². The second kappa shape index (κ2) is 4.79. The lowest BCUT2D eigenvalue weighted by molar-refractivity contribution is -0.149. The summed E-state index contributed by atoms with van der Waals surface area (Å²) in [5, 5.41) is 0. The molecule has 0 aromatic heterocycles. The fraction of sp³-hybridized carbons (Fsp3) is 0.250. The zero-order chi connectivity index (χ0) is 20.3. The third-order valence-corrected chi connectivity index (χ3v) is 7.68. The zero-order valence-corrected chi connectivity index (χ0v) is 16.7. The lowest BCUT2D eigenvalue weighted by Crippen LogP contribution is -2.66. The van der Waals surface area contributed by atoms with E-state index in [2.05, 4.69) is 49.9 Å². The number of ether oxygens (including phenoxy) is 1. The van der Waals surface area contributed by atoms with Gasteiger partial charge in [0.2, 0.25) is 0 Å². The SMILES string of the molecule is CN1c2ccccc2C2=C3C(=O)OC(=O)C3=C3c4ccccc4N(C)C3(C)C21C. The average Bonchev–Trinajstić information content (AvgIpc) is 3.22. The fourth-order valence-electron chi connectivity index (χ4n) is 6.04. The zero-order valence-electron chi connectivity index (χ0n) is 16.7. The van der Waals surface area contributed by atoms with E-state index in [1.807, 2.05) is 36.4 Å². The van der Waals surface area contributed by atoms with Crippen molar-refractivity contribution in [1.82, 2.24) is 0 Å². The number of carbonyl (C=O) groups excluding carboxylic acids is 2. The van der Waals surface area contributed by atoms with E-state index in [0.717, 1.165) is 33.6 Å². The largest absolute Gasteiger partial charge is 0.386 e. The molecule has 3 heterocycles. The van der Waals surface area contributed by atoms with Crippen molar-refractivity contribution in [2.75, 3.05) is 23.9 Å². The van der Waals surface area contributed by atoms with E-state index in [1.165, 1.54) is 0 Å². The van der Waals surface area contributed by atoms with E-state index in [-0.39, 0.29) is 0 Å². The van der Waals surface area contributed by atoms with Crippen LogP contribution in [-0.2, 0) is 14.3 Å². The molecule has 1 fully saturated rings. The summed E-state index contributed by atoms with van der Waals surface area (Å²) in [7, 11) is 4.14. The van der Waals surface area contributed by atoms with Gasteiger partial charge in [0.05, 0.1) is 22.2 Å². The Morgan fingerprint density at radius 2 is 1.07 bits per heavy atom. The molecule has 144 valence electrons. The lowest BCUT2D eigenvalue weighted by Gasteiger charge is -2.54. The minimum Gasteiger partial charge on any atom is -0.386 e. The molecule has 0 amide bonds. The number of hydrogen-bond acceptors (Lipinski definition) is 5. The van der Waals surface area contributed by atoms with Gasteiger partial charge in [0.15, 0.2) is 0 Å². The summed E-state index contributed by atoms with van der Waals surface area (Å²) in [5.41, 5.74) is 5.55. The Morgan fingerprint density at radius 3 is 1.48 bits per heavy atom. The summed E-state index contributed by atoms with van der Waals surface area (Å²) in [4.78, 5) is 30.4. The van der Waals surface area contributed by atoms with Crippen molar-refractivity contribution in [3.8, 4) is 0 Å². The Bertz CT molecular complexity index is 1140. The minimum atomic E-state index is -0.567. The third kappa shape index (κ3) is 1.51. The number of likely N-dealkylation sites (N-methyl/N-ethyl adjacent to an activating group) is 2. The van der Waals surface area contributed by atoms with Crippen LogP contribution in [0, 0.1) is 0 Å². The van der Waals surface area contributed by atoms with E-state index in [0.29, 0.717) is 11.1 Å². The first-order valence-corrected chi connectivity index (χ1v) is 9.76. The molecule has 3 aliphatic heterocycles. The smallest absolute Gasteiger partial charge is 0.347 e. The van der Waals surface area contributed by atoms with E-state index in [1.54, 1.807) is 0 Å². The number of rotatable bonds is 0. The number of benzene rings is 2. The van der Waals surface area contributed by atoms with Crippen molar-refractivity contribution in [2.45, 2.75) is 24.9 Å². The maximum atomic E-state index is 12.9. The standard InChI is InChI=1S/C24H20N2O3/c1-23-19(13-9-5-7-11-15(13)25(23)3)17-18(22(28)29-21(17)27)20-14-10-6-8-12-16(14)26(4)24(20,23)2/h5-12H,1-4H3. The van der Waals surface area contributed by atoms with Crippen LogP contribution in [0.1, 0.15) is 25.0 Å². The second-order valence-corrected chi connectivity index (χ2v) is 8.47. The Kier molecular flexibility index (Phi) is 2.74. The lowest BCUT2D eigenvalue weighted by atomic mass is 9.62.